The molecule has 1 aromatic rings. The zero-order valence-corrected chi connectivity index (χ0v) is 9.78. The Kier molecular flexibility index (Phi) is 3.62. The minimum Gasteiger partial charge on any atom is -0.367 e. The van der Waals surface area contributed by atoms with Crippen molar-refractivity contribution < 1.29 is 0 Å². The summed E-state index contributed by atoms with van der Waals surface area (Å²) in [7, 11) is 0. The quantitative estimate of drug-likeness (QED) is 0.749. The number of hydrogen-bond donors (Lipinski definition) is 1. The monoisotopic (exact) mass is 216 g/mol. The van der Waals surface area contributed by atoms with Gasteiger partial charge in [-0.05, 0) is 30.4 Å². The molecular weight excluding hydrogens is 196 g/mol. The highest BCUT2D eigenvalue weighted by Crippen LogP contribution is 2.24. The molecule has 0 saturated carbocycles. The van der Waals surface area contributed by atoms with E-state index in [1.807, 2.05) is 12.2 Å². The lowest BCUT2D eigenvalue weighted by molar-refractivity contribution is 0.220. The van der Waals surface area contributed by atoms with Gasteiger partial charge in [0.2, 0.25) is 0 Å². The van der Waals surface area contributed by atoms with Crippen LogP contribution >= 0.6 is 0 Å². The first-order valence-electron chi connectivity index (χ1n) is 5.95. The van der Waals surface area contributed by atoms with E-state index < -0.39 is 0 Å². The number of H-pyrrole nitrogens is 1. The van der Waals surface area contributed by atoms with Crippen LogP contribution in [0.25, 0.3) is 0 Å². The minimum absolute atomic E-state index is 0.638. The number of aromatic amines is 1. The average molecular weight is 216 g/mol. The normalized spacial score (nSPS) is 19.4. The van der Waals surface area contributed by atoms with Gasteiger partial charge in [0.25, 0.3) is 0 Å². The van der Waals surface area contributed by atoms with Crippen molar-refractivity contribution >= 4 is 0 Å². The summed E-state index contributed by atoms with van der Waals surface area (Å²) >= 11 is 0. The summed E-state index contributed by atoms with van der Waals surface area (Å²) in [6.45, 7) is 9.57. The second kappa shape index (κ2) is 5.17. The number of aryl methyl sites for hydroxylation is 1. The van der Waals surface area contributed by atoms with Crippen molar-refractivity contribution in [2.24, 2.45) is 0 Å². The van der Waals surface area contributed by atoms with Gasteiger partial charge in [0, 0.05) is 31.5 Å². The SMILES string of the molecule is C=CCN(CC=C)C1CCc2c[nH]cc2C1. The van der Waals surface area contributed by atoms with Gasteiger partial charge < -0.3 is 4.98 Å². The maximum Gasteiger partial charge on any atom is 0.0166 e. The van der Waals surface area contributed by atoms with Crippen molar-refractivity contribution in [1.29, 1.82) is 0 Å². The fraction of sp³-hybridized carbons (Fsp3) is 0.429. The van der Waals surface area contributed by atoms with Crippen LogP contribution in [0.2, 0.25) is 0 Å². The topological polar surface area (TPSA) is 19.0 Å². The van der Waals surface area contributed by atoms with Gasteiger partial charge in [-0.25, -0.2) is 0 Å². The third-order valence-corrected chi connectivity index (χ3v) is 3.37. The molecule has 1 heterocycles. The summed E-state index contributed by atoms with van der Waals surface area (Å²) in [5.41, 5.74) is 2.97. The number of hydrogen-bond acceptors (Lipinski definition) is 1. The van der Waals surface area contributed by atoms with Crippen LogP contribution in [0.3, 0.4) is 0 Å². The van der Waals surface area contributed by atoms with E-state index in [0.717, 1.165) is 19.5 Å². The maximum atomic E-state index is 3.83. The van der Waals surface area contributed by atoms with Crippen LogP contribution in [0, 0.1) is 0 Å². The average Bonchev–Trinajstić information content (AvgIpc) is 2.75. The third kappa shape index (κ3) is 2.27. The molecule has 1 aliphatic rings. The number of rotatable bonds is 5. The van der Waals surface area contributed by atoms with E-state index in [-0.39, 0.29) is 0 Å². The molecule has 1 N–H and O–H groups in total. The van der Waals surface area contributed by atoms with E-state index >= 15 is 0 Å². The lowest BCUT2D eigenvalue weighted by Gasteiger charge is -2.32. The highest BCUT2D eigenvalue weighted by Gasteiger charge is 2.23. The van der Waals surface area contributed by atoms with Crippen LogP contribution < -0.4 is 0 Å². The van der Waals surface area contributed by atoms with Gasteiger partial charge >= 0.3 is 0 Å². The summed E-state index contributed by atoms with van der Waals surface area (Å²) in [5, 5.41) is 0. The molecule has 1 aliphatic carbocycles. The molecule has 0 bridgehead atoms. The first-order chi connectivity index (χ1) is 7.85. The molecular formula is C14H20N2. The van der Waals surface area contributed by atoms with E-state index in [9.17, 15) is 0 Å². The Morgan fingerprint density at radius 3 is 2.62 bits per heavy atom. The second-order valence-corrected chi connectivity index (χ2v) is 4.43. The molecule has 2 nitrogen and oxygen atoms in total. The summed E-state index contributed by atoms with van der Waals surface area (Å²) in [6, 6.07) is 0.638. The number of fused-ring (bicyclic) bond motifs is 1. The first kappa shape index (κ1) is 11.2. The molecule has 0 spiro atoms. The summed E-state index contributed by atoms with van der Waals surface area (Å²) < 4.78 is 0. The van der Waals surface area contributed by atoms with Crippen LogP contribution in [-0.2, 0) is 12.8 Å². The Labute approximate surface area is 97.7 Å². The summed E-state index contributed by atoms with van der Waals surface area (Å²) in [5.74, 6) is 0. The van der Waals surface area contributed by atoms with Gasteiger partial charge in [0.05, 0.1) is 0 Å². The molecule has 0 radical (unpaired) electrons. The van der Waals surface area contributed by atoms with Crippen molar-refractivity contribution in [2.75, 3.05) is 13.1 Å². The van der Waals surface area contributed by atoms with E-state index in [4.69, 9.17) is 0 Å². The molecule has 2 rings (SSSR count). The van der Waals surface area contributed by atoms with Crippen molar-refractivity contribution in [1.82, 2.24) is 9.88 Å². The Balaban J connectivity index is 2.05. The Morgan fingerprint density at radius 2 is 1.94 bits per heavy atom. The zero-order valence-electron chi connectivity index (χ0n) is 9.78. The molecule has 0 fully saturated rings. The van der Waals surface area contributed by atoms with Crippen LogP contribution in [0.15, 0.2) is 37.7 Å². The largest absolute Gasteiger partial charge is 0.367 e. The highest BCUT2D eigenvalue weighted by atomic mass is 15.1. The molecule has 1 aromatic heterocycles. The standard InChI is InChI=1S/C14H20N2/c1-3-7-16(8-4-2)14-6-5-12-10-15-11-13(12)9-14/h3-4,10-11,14-15H,1-2,5-9H2. The van der Waals surface area contributed by atoms with Crippen LogP contribution in [0.5, 0.6) is 0 Å². The minimum atomic E-state index is 0.638. The van der Waals surface area contributed by atoms with E-state index in [2.05, 4.69) is 35.4 Å². The van der Waals surface area contributed by atoms with Gasteiger partial charge in [0.1, 0.15) is 0 Å². The predicted molar refractivity (Wildman–Crippen MR) is 68.6 cm³/mol. The first-order valence-corrected chi connectivity index (χ1v) is 5.95. The molecule has 0 aliphatic heterocycles. The molecule has 86 valence electrons. The second-order valence-electron chi connectivity index (χ2n) is 4.43. The number of nitrogens with one attached hydrogen (secondary N) is 1. The fourth-order valence-corrected chi connectivity index (χ4v) is 2.55. The molecule has 1 atom stereocenters. The van der Waals surface area contributed by atoms with E-state index in [0.29, 0.717) is 6.04 Å². The van der Waals surface area contributed by atoms with Crippen LogP contribution in [0.1, 0.15) is 17.5 Å². The predicted octanol–water partition coefficient (Wildman–Crippen LogP) is 2.55. The third-order valence-electron chi connectivity index (χ3n) is 3.37. The Bertz CT molecular complexity index is 355. The van der Waals surface area contributed by atoms with Gasteiger partial charge in [0.15, 0.2) is 0 Å². The smallest absolute Gasteiger partial charge is 0.0166 e. The summed E-state index contributed by atoms with van der Waals surface area (Å²) in [6.07, 6.45) is 11.8. The van der Waals surface area contributed by atoms with Crippen molar-refractivity contribution in [2.45, 2.75) is 25.3 Å². The molecule has 1 unspecified atom stereocenters. The van der Waals surface area contributed by atoms with E-state index in [1.165, 1.54) is 24.0 Å². The van der Waals surface area contributed by atoms with Crippen molar-refractivity contribution in [3.63, 3.8) is 0 Å². The Hall–Kier alpha value is -1.28. The Morgan fingerprint density at radius 1 is 1.25 bits per heavy atom. The molecule has 0 aromatic carbocycles. The molecule has 16 heavy (non-hydrogen) atoms. The highest BCUT2D eigenvalue weighted by molar-refractivity contribution is 5.27. The fourth-order valence-electron chi connectivity index (χ4n) is 2.55. The zero-order chi connectivity index (χ0) is 11.4. The van der Waals surface area contributed by atoms with E-state index in [1.54, 1.807) is 0 Å². The number of nitrogens with zero attached hydrogens (tertiary/aromatic N) is 1. The molecule has 0 amide bonds. The molecule has 0 saturated heterocycles. The van der Waals surface area contributed by atoms with Gasteiger partial charge in [-0.1, -0.05) is 12.2 Å². The van der Waals surface area contributed by atoms with Gasteiger partial charge in [-0.3, -0.25) is 4.90 Å². The van der Waals surface area contributed by atoms with Gasteiger partial charge in [-0.2, -0.15) is 0 Å². The number of aromatic nitrogens is 1. The van der Waals surface area contributed by atoms with Crippen LogP contribution in [-0.4, -0.2) is 29.0 Å². The van der Waals surface area contributed by atoms with Gasteiger partial charge in [-0.15, -0.1) is 13.2 Å². The van der Waals surface area contributed by atoms with Crippen molar-refractivity contribution in [3.8, 4) is 0 Å². The lowest BCUT2D eigenvalue weighted by Crippen LogP contribution is -2.39. The summed E-state index contributed by atoms with van der Waals surface area (Å²) in [4.78, 5) is 5.66. The lowest BCUT2D eigenvalue weighted by atomic mass is 9.90. The molecule has 2 heteroatoms. The van der Waals surface area contributed by atoms with Crippen molar-refractivity contribution in [3.05, 3.63) is 48.8 Å². The maximum absolute atomic E-state index is 3.83. The van der Waals surface area contributed by atoms with Crippen LogP contribution in [0.4, 0.5) is 0 Å².